The summed E-state index contributed by atoms with van der Waals surface area (Å²) in [5.41, 5.74) is 1.39. The van der Waals surface area contributed by atoms with Crippen molar-refractivity contribution < 1.29 is 5.11 Å². The molecule has 1 heterocycles. The number of aliphatic hydroxyl groups is 1. The molecule has 1 aromatic rings. The van der Waals surface area contributed by atoms with E-state index in [0.717, 1.165) is 25.4 Å². The third-order valence-corrected chi connectivity index (χ3v) is 4.71. The first-order valence-corrected chi connectivity index (χ1v) is 7.27. The highest BCUT2D eigenvalue weighted by molar-refractivity contribution is 5.14. The van der Waals surface area contributed by atoms with Gasteiger partial charge in [-0.05, 0) is 37.3 Å². The summed E-state index contributed by atoms with van der Waals surface area (Å²) in [5, 5.41) is 10.2. The maximum atomic E-state index is 10.2. The first-order valence-electron chi connectivity index (χ1n) is 7.27. The van der Waals surface area contributed by atoms with Gasteiger partial charge in [0.25, 0.3) is 0 Å². The topological polar surface area (TPSA) is 23.5 Å². The van der Waals surface area contributed by atoms with E-state index >= 15 is 0 Å². The molecule has 1 aliphatic heterocycles. The molecule has 1 N–H and O–H groups in total. The van der Waals surface area contributed by atoms with Crippen LogP contribution >= 0.6 is 0 Å². The standard InChI is InChI=1S/C16H23NO/c18-16-8-4-7-14-9-10-17(12-15(14)16)11-13-5-2-1-3-6-13/h1-3,5-6,14-16,18H,4,7-12H2/t14-,15+,16+/m0/s1. The number of piperidine rings is 1. The molecule has 0 spiro atoms. The summed E-state index contributed by atoms with van der Waals surface area (Å²) in [5.74, 6) is 1.30. The average molecular weight is 245 g/mol. The fourth-order valence-electron chi connectivity index (χ4n) is 3.68. The predicted octanol–water partition coefficient (Wildman–Crippen LogP) is 2.67. The van der Waals surface area contributed by atoms with Gasteiger partial charge in [-0.1, -0.05) is 36.8 Å². The van der Waals surface area contributed by atoms with Crippen LogP contribution in [-0.2, 0) is 6.54 Å². The van der Waals surface area contributed by atoms with Crippen LogP contribution in [-0.4, -0.2) is 29.2 Å². The smallest absolute Gasteiger partial charge is 0.0583 e. The molecule has 1 saturated heterocycles. The number of rotatable bonds is 2. The first kappa shape index (κ1) is 12.2. The Morgan fingerprint density at radius 3 is 2.78 bits per heavy atom. The van der Waals surface area contributed by atoms with Gasteiger partial charge in [-0.25, -0.2) is 0 Å². The highest BCUT2D eigenvalue weighted by Crippen LogP contribution is 2.36. The van der Waals surface area contributed by atoms with E-state index in [2.05, 4.69) is 35.2 Å². The van der Waals surface area contributed by atoms with Crippen LogP contribution in [0.4, 0.5) is 0 Å². The van der Waals surface area contributed by atoms with Crippen molar-refractivity contribution in [2.45, 2.75) is 38.3 Å². The predicted molar refractivity (Wildman–Crippen MR) is 73.2 cm³/mol. The van der Waals surface area contributed by atoms with Gasteiger partial charge >= 0.3 is 0 Å². The van der Waals surface area contributed by atoms with E-state index < -0.39 is 0 Å². The highest BCUT2D eigenvalue weighted by atomic mass is 16.3. The Labute approximate surface area is 110 Å². The Morgan fingerprint density at radius 1 is 1.11 bits per heavy atom. The number of likely N-dealkylation sites (tertiary alicyclic amines) is 1. The van der Waals surface area contributed by atoms with Gasteiger partial charge in [0.05, 0.1) is 6.10 Å². The van der Waals surface area contributed by atoms with Crippen molar-refractivity contribution >= 4 is 0 Å². The lowest BCUT2D eigenvalue weighted by Crippen LogP contribution is -2.46. The van der Waals surface area contributed by atoms with Crippen molar-refractivity contribution in [2.75, 3.05) is 13.1 Å². The summed E-state index contributed by atoms with van der Waals surface area (Å²) in [6, 6.07) is 10.7. The van der Waals surface area contributed by atoms with E-state index in [4.69, 9.17) is 0 Å². The quantitative estimate of drug-likeness (QED) is 0.866. The van der Waals surface area contributed by atoms with Crippen molar-refractivity contribution in [1.29, 1.82) is 0 Å². The lowest BCUT2D eigenvalue weighted by atomic mass is 9.73. The van der Waals surface area contributed by atoms with Crippen LogP contribution in [0.2, 0.25) is 0 Å². The zero-order chi connectivity index (χ0) is 12.4. The van der Waals surface area contributed by atoms with Crippen LogP contribution in [0, 0.1) is 11.8 Å². The minimum absolute atomic E-state index is 0.0534. The van der Waals surface area contributed by atoms with Gasteiger partial charge in [-0.15, -0.1) is 0 Å². The Morgan fingerprint density at radius 2 is 1.94 bits per heavy atom. The molecular formula is C16H23NO. The molecule has 0 amide bonds. The minimum Gasteiger partial charge on any atom is -0.393 e. The summed E-state index contributed by atoms with van der Waals surface area (Å²) < 4.78 is 0. The Bertz CT molecular complexity index is 378. The zero-order valence-corrected chi connectivity index (χ0v) is 11.0. The van der Waals surface area contributed by atoms with Gasteiger partial charge < -0.3 is 5.11 Å². The van der Waals surface area contributed by atoms with Crippen LogP contribution in [0.3, 0.4) is 0 Å². The third kappa shape index (κ3) is 2.60. The Kier molecular flexibility index (Phi) is 3.67. The number of aliphatic hydroxyl groups excluding tert-OH is 1. The third-order valence-electron chi connectivity index (χ3n) is 4.71. The van der Waals surface area contributed by atoms with E-state index in [1.165, 1.54) is 31.4 Å². The van der Waals surface area contributed by atoms with Gasteiger partial charge in [0.1, 0.15) is 0 Å². The second-order valence-electron chi connectivity index (χ2n) is 5.93. The summed E-state index contributed by atoms with van der Waals surface area (Å²) in [7, 11) is 0. The molecule has 2 aliphatic rings. The minimum atomic E-state index is -0.0534. The van der Waals surface area contributed by atoms with Crippen molar-refractivity contribution in [1.82, 2.24) is 4.90 Å². The molecule has 1 aromatic carbocycles. The zero-order valence-electron chi connectivity index (χ0n) is 11.0. The molecule has 2 nitrogen and oxygen atoms in total. The van der Waals surface area contributed by atoms with Gasteiger partial charge in [-0.3, -0.25) is 4.90 Å². The van der Waals surface area contributed by atoms with Crippen molar-refractivity contribution in [2.24, 2.45) is 11.8 Å². The van der Waals surface area contributed by atoms with E-state index in [-0.39, 0.29) is 6.10 Å². The van der Waals surface area contributed by atoms with Crippen LogP contribution in [0.15, 0.2) is 30.3 Å². The van der Waals surface area contributed by atoms with Gasteiger partial charge in [0.15, 0.2) is 0 Å². The Hall–Kier alpha value is -0.860. The molecule has 0 unspecified atom stereocenters. The molecule has 2 heteroatoms. The molecule has 3 rings (SSSR count). The lowest BCUT2D eigenvalue weighted by molar-refractivity contribution is -0.0196. The maximum Gasteiger partial charge on any atom is 0.0583 e. The molecule has 3 atom stereocenters. The van der Waals surface area contributed by atoms with E-state index in [0.29, 0.717) is 5.92 Å². The number of hydrogen-bond acceptors (Lipinski definition) is 2. The first-order chi connectivity index (χ1) is 8.83. The summed E-state index contributed by atoms with van der Waals surface area (Å²) >= 11 is 0. The SMILES string of the molecule is O[C@@H]1CCC[C@H]2CCN(Cc3ccccc3)C[C@H]21. The van der Waals surface area contributed by atoms with Gasteiger partial charge in [0.2, 0.25) is 0 Å². The molecule has 0 radical (unpaired) electrons. The number of hydrogen-bond donors (Lipinski definition) is 1. The second-order valence-corrected chi connectivity index (χ2v) is 5.93. The molecule has 1 saturated carbocycles. The monoisotopic (exact) mass is 245 g/mol. The van der Waals surface area contributed by atoms with Crippen LogP contribution in [0.5, 0.6) is 0 Å². The number of benzene rings is 1. The molecular weight excluding hydrogens is 222 g/mol. The molecule has 0 aromatic heterocycles. The van der Waals surface area contributed by atoms with E-state index in [9.17, 15) is 5.11 Å². The van der Waals surface area contributed by atoms with Crippen LogP contribution in [0.1, 0.15) is 31.2 Å². The Balaban J connectivity index is 1.62. The van der Waals surface area contributed by atoms with E-state index in [1.807, 2.05) is 0 Å². The van der Waals surface area contributed by atoms with E-state index in [1.54, 1.807) is 0 Å². The maximum absolute atomic E-state index is 10.2. The second kappa shape index (κ2) is 5.41. The summed E-state index contributed by atoms with van der Waals surface area (Å²) in [6.07, 6.45) is 4.79. The fourth-order valence-corrected chi connectivity index (χ4v) is 3.68. The molecule has 98 valence electrons. The summed E-state index contributed by atoms with van der Waals surface area (Å²) in [4.78, 5) is 2.52. The number of fused-ring (bicyclic) bond motifs is 1. The van der Waals surface area contributed by atoms with Gasteiger partial charge in [-0.2, -0.15) is 0 Å². The van der Waals surface area contributed by atoms with Crippen molar-refractivity contribution in [3.8, 4) is 0 Å². The van der Waals surface area contributed by atoms with Crippen molar-refractivity contribution in [3.63, 3.8) is 0 Å². The van der Waals surface area contributed by atoms with Crippen molar-refractivity contribution in [3.05, 3.63) is 35.9 Å². The van der Waals surface area contributed by atoms with Gasteiger partial charge in [0, 0.05) is 19.0 Å². The fraction of sp³-hybridized carbons (Fsp3) is 0.625. The summed E-state index contributed by atoms with van der Waals surface area (Å²) in [6.45, 7) is 3.32. The largest absolute Gasteiger partial charge is 0.393 e. The molecule has 2 fully saturated rings. The van der Waals surface area contributed by atoms with Crippen LogP contribution < -0.4 is 0 Å². The highest BCUT2D eigenvalue weighted by Gasteiger charge is 2.36. The number of nitrogens with zero attached hydrogens (tertiary/aromatic N) is 1. The average Bonchev–Trinajstić information content (AvgIpc) is 2.41. The van der Waals surface area contributed by atoms with Crippen LogP contribution in [0.25, 0.3) is 0 Å². The molecule has 18 heavy (non-hydrogen) atoms. The molecule has 0 bridgehead atoms. The lowest BCUT2D eigenvalue weighted by Gasteiger charge is -2.43. The molecule has 1 aliphatic carbocycles. The normalized spacial score (nSPS) is 33.1.